The quantitative estimate of drug-likeness (QED) is 0.810. The van der Waals surface area contributed by atoms with E-state index in [1.165, 1.54) is 7.11 Å². The van der Waals surface area contributed by atoms with Crippen LogP contribution >= 0.6 is 0 Å². The molecule has 0 aliphatic carbocycles. The molecule has 2 amide bonds. The summed E-state index contributed by atoms with van der Waals surface area (Å²) in [6.45, 7) is 5.58. The topological polar surface area (TPSA) is 58.6 Å². The first-order chi connectivity index (χ1) is 8.10. The van der Waals surface area contributed by atoms with Gasteiger partial charge in [-0.25, -0.2) is 4.79 Å². The Labute approximate surface area is 102 Å². The fourth-order valence-electron chi connectivity index (χ4n) is 2.00. The van der Waals surface area contributed by atoms with Gasteiger partial charge in [-0.15, -0.1) is 0 Å². The normalized spacial score (nSPS) is 18.6. The second-order valence-corrected chi connectivity index (χ2v) is 4.53. The highest BCUT2D eigenvalue weighted by Crippen LogP contribution is 2.15. The first kappa shape index (κ1) is 13.8. The van der Waals surface area contributed by atoms with E-state index in [9.17, 15) is 9.59 Å². The molecule has 0 spiro atoms. The highest BCUT2D eigenvalue weighted by atomic mass is 16.5. The molecule has 17 heavy (non-hydrogen) atoms. The van der Waals surface area contributed by atoms with Gasteiger partial charge in [-0.2, -0.15) is 0 Å². The van der Waals surface area contributed by atoms with Crippen LogP contribution in [0.4, 0.5) is 4.79 Å². The van der Waals surface area contributed by atoms with Gasteiger partial charge in [0, 0.05) is 13.1 Å². The summed E-state index contributed by atoms with van der Waals surface area (Å²) in [7, 11) is 1.31. The zero-order chi connectivity index (χ0) is 12.8. The molecule has 1 unspecified atom stereocenters. The third-order valence-electron chi connectivity index (χ3n) is 3.36. The first-order valence-corrected chi connectivity index (χ1v) is 6.23. The van der Waals surface area contributed by atoms with Crippen molar-refractivity contribution in [2.45, 2.75) is 39.2 Å². The van der Waals surface area contributed by atoms with Crippen LogP contribution < -0.4 is 5.32 Å². The van der Waals surface area contributed by atoms with E-state index in [4.69, 9.17) is 0 Å². The molecular formula is C12H22N2O3. The maximum absolute atomic E-state index is 12.3. The summed E-state index contributed by atoms with van der Waals surface area (Å²) < 4.78 is 4.57. The smallest absolute Gasteiger partial charge is 0.407 e. The Hall–Kier alpha value is -1.26. The van der Waals surface area contributed by atoms with Crippen LogP contribution in [0, 0.1) is 5.92 Å². The zero-order valence-electron chi connectivity index (χ0n) is 10.9. The summed E-state index contributed by atoms with van der Waals surface area (Å²) in [5.74, 6) is 0.129. The number of hydrogen-bond donors (Lipinski definition) is 1. The molecule has 0 aromatic rings. The first-order valence-electron chi connectivity index (χ1n) is 6.23. The zero-order valence-corrected chi connectivity index (χ0v) is 10.9. The fourth-order valence-corrected chi connectivity index (χ4v) is 2.00. The molecule has 1 aliphatic heterocycles. The lowest BCUT2D eigenvalue weighted by atomic mass is 9.98. The summed E-state index contributed by atoms with van der Waals surface area (Å²) in [6, 6.07) is -0.467. The average Bonchev–Trinajstić information content (AvgIpc) is 2.87. The van der Waals surface area contributed by atoms with Crippen molar-refractivity contribution in [2.24, 2.45) is 5.92 Å². The highest BCUT2D eigenvalue weighted by Gasteiger charge is 2.31. The Morgan fingerprint density at radius 2 is 1.94 bits per heavy atom. The molecule has 0 bridgehead atoms. The monoisotopic (exact) mass is 242 g/mol. The minimum Gasteiger partial charge on any atom is -0.453 e. The molecule has 0 aromatic carbocycles. The number of amides is 2. The number of carbonyl (C=O) groups excluding carboxylic acids is 2. The molecule has 5 heteroatoms. The Morgan fingerprint density at radius 3 is 2.41 bits per heavy atom. The van der Waals surface area contributed by atoms with Gasteiger partial charge in [-0.05, 0) is 18.8 Å². The molecule has 5 nitrogen and oxygen atoms in total. The van der Waals surface area contributed by atoms with E-state index in [1.807, 2.05) is 18.7 Å². The summed E-state index contributed by atoms with van der Waals surface area (Å²) in [5.41, 5.74) is 0. The number of carbonyl (C=O) groups is 2. The lowest BCUT2D eigenvalue weighted by molar-refractivity contribution is -0.133. The Bertz CT molecular complexity index is 275. The number of nitrogens with zero attached hydrogens (tertiary/aromatic N) is 1. The van der Waals surface area contributed by atoms with Gasteiger partial charge in [0.15, 0.2) is 0 Å². The van der Waals surface area contributed by atoms with Crippen LogP contribution in [0.25, 0.3) is 0 Å². The molecule has 1 heterocycles. The molecule has 98 valence electrons. The van der Waals surface area contributed by atoms with E-state index in [0.29, 0.717) is 0 Å². The molecule has 0 saturated carbocycles. The molecule has 0 radical (unpaired) electrons. The lowest BCUT2D eigenvalue weighted by Gasteiger charge is -2.27. The van der Waals surface area contributed by atoms with E-state index >= 15 is 0 Å². The van der Waals surface area contributed by atoms with Crippen molar-refractivity contribution in [3.63, 3.8) is 0 Å². The average molecular weight is 242 g/mol. The van der Waals surface area contributed by atoms with Gasteiger partial charge in [0.1, 0.15) is 6.04 Å². The van der Waals surface area contributed by atoms with E-state index in [-0.39, 0.29) is 11.8 Å². The van der Waals surface area contributed by atoms with Crippen molar-refractivity contribution in [1.29, 1.82) is 0 Å². The van der Waals surface area contributed by atoms with E-state index < -0.39 is 12.1 Å². The Balaban J connectivity index is 2.67. The third-order valence-corrected chi connectivity index (χ3v) is 3.36. The van der Waals surface area contributed by atoms with Crippen molar-refractivity contribution in [2.75, 3.05) is 20.2 Å². The maximum Gasteiger partial charge on any atom is 0.407 e. The van der Waals surface area contributed by atoms with Crippen LogP contribution in [-0.4, -0.2) is 43.1 Å². The number of hydrogen-bond acceptors (Lipinski definition) is 3. The van der Waals surface area contributed by atoms with Crippen LogP contribution in [0.5, 0.6) is 0 Å². The second-order valence-electron chi connectivity index (χ2n) is 4.53. The van der Waals surface area contributed by atoms with E-state index in [0.717, 1.165) is 32.4 Å². The van der Waals surface area contributed by atoms with Gasteiger partial charge < -0.3 is 15.0 Å². The number of alkyl carbamates (subject to hydrolysis) is 1. The predicted molar refractivity (Wildman–Crippen MR) is 64.6 cm³/mol. The van der Waals surface area contributed by atoms with Gasteiger partial charge in [0.05, 0.1) is 7.11 Å². The second kappa shape index (κ2) is 6.47. The van der Waals surface area contributed by atoms with Crippen molar-refractivity contribution < 1.29 is 14.3 Å². The minimum atomic E-state index is -0.539. The van der Waals surface area contributed by atoms with E-state index in [2.05, 4.69) is 10.1 Å². The molecule has 2 atom stereocenters. The molecule has 0 aromatic heterocycles. The highest BCUT2D eigenvalue weighted by molar-refractivity contribution is 5.86. The van der Waals surface area contributed by atoms with E-state index in [1.54, 1.807) is 0 Å². The Morgan fingerprint density at radius 1 is 1.35 bits per heavy atom. The molecule has 1 aliphatic rings. The molecule has 1 rings (SSSR count). The molecule has 1 saturated heterocycles. The molecule has 1 N–H and O–H groups in total. The van der Waals surface area contributed by atoms with Crippen molar-refractivity contribution >= 4 is 12.0 Å². The summed E-state index contributed by atoms with van der Waals surface area (Å²) in [6.07, 6.45) is 2.41. The number of nitrogens with one attached hydrogen (secondary N) is 1. The van der Waals surface area contributed by atoms with Crippen molar-refractivity contribution in [3.05, 3.63) is 0 Å². The summed E-state index contributed by atoms with van der Waals surface area (Å²) >= 11 is 0. The van der Waals surface area contributed by atoms with Crippen LogP contribution in [0.3, 0.4) is 0 Å². The predicted octanol–water partition coefficient (Wildman–Crippen LogP) is 1.38. The van der Waals surface area contributed by atoms with Crippen molar-refractivity contribution in [3.8, 4) is 0 Å². The van der Waals surface area contributed by atoms with Crippen LogP contribution in [-0.2, 0) is 9.53 Å². The Kier molecular flexibility index (Phi) is 5.25. The number of likely N-dealkylation sites (tertiary alicyclic amines) is 1. The fraction of sp³-hybridized carbons (Fsp3) is 0.833. The van der Waals surface area contributed by atoms with Crippen molar-refractivity contribution in [1.82, 2.24) is 10.2 Å². The summed E-state index contributed by atoms with van der Waals surface area (Å²) in [4.78, 5) is 25.3. The molecule has 1 fully saturated rings. The maximum atomic E-state index is 12.3. The number of rotatable bonds is 4. The minimum absolute atomic E-state index is 0.0160. The van der Waals surface area contributed by atoms with Gasteiger partial charge in [-0.3, -0.25) is 4.79 Å². The van der Waals surface area contributed by atoms with Crippen LogP contribution in [0.15, 0.2) is 0 Å². The third kappa shape index (κ3) is 3.61. The van der Waals surface area contributed by atoms with Gasteiger partial charge in [-0.1, -0.05) is 20.3 Å². The number of methoxy groups -OCH3 is 1. The van der Waals surface area contributed by atoms with Crippen LogP contribution in [0.2, 0.25) is 0 Å². The standard InChI is InChI=1S/C12H22N2O3/c1-4-9(2)10(13-12(16)17-3)11(15)14-7-5-6-8-14/h9-10H,4-8H2,1-3H3,(H,13,16)/t9?,10-/m0/s1. The SMILES string of the molecule is CCC(C)[C@H](NC(=O)OC)C(=O)N1CCCC1. The van der Waals surface area contributed by atoms with Gasteiger partial charge in [0.2, 0.25) is 5.91 Å². The number of ether oxygens (including phenoxy) is 1. The molecular weight excluding hydrogens is 220 g/mol. The van der Waals surface area contributed by atoms with Crippen LogP contribution in [0.1, 0.15) is 33.1 Å². The summed E-state index contributed by atoms with van der Waals surface area (Å²) in [5, 5.41) is 2.64. The largest absolute Gasteiger partial charge is 0.453 e. The van der Waals surface area contributed by atoms with Gasteiger partial charge >= 0.3 is 6.09 Å². The lowest BCUT2D eigenvalue weighted by Crippen LogP contribution is -2.51. The van der Waals surface area contributed by atoms with Gasteiger partial charge in [0.25, 0.3) is 0 Å².